The molecule has 0 radical (unpaired) electrons. The number of aryl methyl sites for hydroxylation is 1. The van der Waals surface area contributed by atoms with Crippen LogP contribution < -0.4 is 5.73 Å². The van der Waals surface area contributed by atoms with Gasteiger partial charge in [-0.1, -0.05) is 6.07 Å². The lowest BCUT2D eigenvalue weighted by atomic mass is 10.1. The molecule has 1 aromatic rings. The fourth-order valence-corrected chi connectivity index (χ4v) is 3.42. The molecule has 0 saturated carbocycles. The van der Waals surface area contributed by atoms with Crippen LogP contribution in [0.2, 0.25) is 0 Å². The van der Waals surface area contributed by atoms with Crippen LogP contribution in [0.5, 0.6) is 0 Å². The summed E-state index contributed by atoms with van der Waals surface area (Å²) in [6.07, 6.45) is 6.32. The molecule has 0 spiro atoms. The Morgan fingerprint density at radius 1 is 1.65 bits per heavy atom. The summed E-state index contributed by atoms with van der Waals surface area (Å²) in [5.74, 6) is 0.893. The summed E-state index contributed by atoms with van der Waals surface area (Å²) >= 11 is 0. The van der Waals surface area contributed by atoms with E-state index in [2.05, 4.69) is 16.8 Å². The molecule has 1 aliphatic heterocycles. The number of hydrogen-bond acceptors (Lipinski definition) is 4. The highest BCUT2D eigenvalue weighted by atomic mass is 32.2. The molecule has 0 aromatic carbocycles. The van der Waals surface area contributed by atoms with Gasteiger partial charge in [-0.05, 0) is 37.8 Å². The van der Waals surface area contributed by atoms with Gasteiger partial charge < -0.3 is 5.73 Å². The SMILES string of the molecule is Cc1ccc(CC2CCCS2=O)cn1.N#CN. The Bertz CT molecular complexity index is 411. The molecule has 0 amide bonds. The fourth-order valence-electron chi connectivity index (χ4n) is 1.83. The van der Waals surface area contributed by atoms with E-state index in [1.807, 2.05) is 19.2 Å². The average molecular weight is 251 g/mol. The van der Waals surface area contributed by atoms with Crippen molar-refractivity contribution in [2.24, 2.45) is 5.73 Å². The van der Waals surface area contributed by atoms with Gasteiger partial charge in [-0.3, -0.25) is 9.19 Å². The molecule has 4 nitrogen and oxygen atoms in total. The number of pyridine rings is 1. The van der Waals surface area contributed by atoms with Crippen LogP contribution in [-0.4, -0.2) is 20.2 Å². The van der Waals surface area contributed by atoms with Gasteiger partial charge in [0.05, 0.1) is 0 Å². The molecule has 2 rings (SSSR count). The molecule has 5 heteroatoms. The molecular weight excluding hydrogens is 234 g/mol. The highest BCUT2D eigenvalue weighted by Gasteiger charge is 2.22. The minimum Gasteiger partial charge on any atom is -0.337 e. The molecule has 17 heavy (non-hydrogen) atoms. The quantitative estimate of drug-likeness (QED) is 0.634. The van der Waals surface area contributed by atoms with Gasteiger partial charge in [0.15, 0.2) is 6.19 Å². The van der Waals surface area contributed by atoms with Gasteiger partial charge in [0.25, 0.3) is 0 Å². The van der Waals surface area contributed by atoms with E-state index in [1.165, 1.54) is 11.8 Å². The van der Waals surface area contributed by atoms with Gasteiger partial charge >= 0.3 is 0 Å². The van der Waals surface area contributed by atoms with Crippen molar-refractivity contribution in [1.29, 1.82) is 5.26 Å². The van der Waals surface area contributed by atoms with E-state index in [0.29, 0.717) is 5.25 Å². The zero-order chi connectivity index (χ0) is 12.7. The van der Waals surface area contributed by atoms with Crippen LogP contribution in [0.15, 0.2) is 18.3 Å². The first kappa shape index (κ1) is 13.7. The van der Waals surface area contributed by atoms with E-state index < -0.39 is 10.8 Å². The van der Waals surface area contributed by atoms with Gasteiger partial charge in [0, 0.05) is 33.7 Å². The zero-order valence-electron chi connectivity index (χ0n) is 9.93. The number of aromatic nitrogens is 1. The second-order valence-corrected chi connectivity index (χ2v) is 5.83. The number of rotatable bonds is 2. The second kappa shape index (κ2) is 7.02. The number of nitriles is 1. The lowest BCUT2D eigenvalue weighted by Crippen LogP contribution is -2.12. The largest absolute Gasteiger partial charge is 0.337 e. The Morgan fingerprint density at radius 3 is 2.82 bits per heavy atom. The fraction of sp³-hybridized carbons (Fsp3) is 0.500. The summed E-state index contributed by atoms with van der Waals surface area (Å²) in [4.78, 5) is 4.25. The second-order valence-electron chi connectivity index (χ2n) is 3.99. The van der Waals surface area contributed by atoms with Crippen molar-refractivity contribution in [3.05, 3.63) is 29.6 Å². The molecule has 92 valence electrons. The van der Waals surface area contributed by atoms with Gasteiger partial charge in [-0.15, -0.1) is 0 Å². The van der Waals surface area contributed by atoms with Crippen LogP contribution in [0.25, 0.3) is 0 Å². The maximum absolute atomic E-state index is 11.5. The first-order valence-electron chi connectivity index (χ1n) is 5.55. The molecular formula is C12H17N3OS. The molecule has 1 aliphatic rings. The van der Waals surface area contributed by atoms with Gasteiger partial charge in [-0.25, -0.2) is 0 Å². The predicted octanol–water partition coefficient (Wildman–Crippen LogP) is 1.27. The van der Waals surface area contributed by atoms with E-state index in [-0.39, 0.29) is 0 Å². The maximum atomic E-state index is 11.5. The van der Waals surface area contributed by atoms with Crippen LogP contribution in [0.3, 0.4) is 0 Å². The van der Waals surface area contributed by atoms with Crippen LogP contribution in [0.1, 0.15) is 24.1 Å². The average Bonchev–Trinajstić information content (AvgIpc) is 2.69. The first-order chi connectivity index (χ1) is 8.17. The Hall–Kier alpha value is -1.41. The summed E-state index contributed by atoms with van der Waals surface area (Å²) in [7, 11) is -0.594. The normalized spacial score (nSPS) is 22.4. The molecule has 0 aliphatic carbocycles. The van der Waals surface area contributed by atoms with Crippen LogP contribution in [0, 0.1) is 18.4 Å². The van der Waals surface area contributed by atoms with Crippen molar-refractivity contribution in [1.82, 2.24) is 4.98 Å². The molecule has 2 heterocycles. The Balaban J connectivity index is 0.000000437. The first-order valence-corrected chi connectivity index (χ1v) is 6.94. The Kier molecular flexibility index (Phi) is 5.64. The minimum atomic E-state index is -0.594. The minimum absolute atomic E-state index is 0.375. The van der Waals surface area contributed by atoms with E-state index in [0.717, 1.165) is 30.7 Å². The summed E-state index contributed by atoms with van der Waals surface area (Å²) in [6.45, 7) is 1.98. The van der Waals surface area contributed by atoms with Gasteiger partial charge in [-0.2, -0.15) is 5.26 Å². The smallest absolute Gasteiger partial charge is 0.173 e. The maximum Gasteiger partial charge on any atom is 0.173 e. The number of nitrogens with two attached hydrogens (primary N) is 1. The third kappa shape index (κ3) is 4.53. The van der Waals surface area contributed by atoms with E-state index in [4.69, 9.17) is 5.26 Å². The molecule has 0 bridgehead atoms. The monoisotopic (exact) mass is 251 g/mol. The summed E-state index contributed by atoms with van der Waals surface area (Å²) in [6, 6.07) is 4.12. The van der Waals surface area contributed by atoms with Crippen molar-refractivity contribution in [3.8, 4) is 6.19 Å². The molecule has 1 saturated heterocycles. The van der Waals surface area contributed by atoms with Crippen LogP contribution in [-0.2, 0) is 17.2 Å². The van der Waals surface area contributed by atoms with E-state index in [9.17, 15) is 4.21 Å². The van der Waals surface area contributed by atoms with Crippen LogP contribution in [0.4, 0.5) is 0 Å². The van der Waals surface area contributed by atoms with Crippen molar-refractivity contribution in [3.63, 3.8) is 0 Å². The molecule has 2 atom stereocenters. The standard InChI is InChI=1S/C11H15NOS.CH2N2/c1-9-4-5-10(8-12-9)7-11-3-2-6-14(11)13;2-1-3/h4-5,8,11H,2-3,6-7H2,1H3;2H2. The highest BCUT2D eigenvalue weighted by molar-refractivity contribution is 7.85. The predicted molar refractivity (Wildman–Crippen MR) is 68.5 cm³/mol. The van der Waals surface area contributed by atoms with Gasteiger partial charge in [0.1, 0.15) is 0 Å². The van der Waals surface area contributed by atoms with Crippen molar-refractivity contribution in [2.75, 3.05) is 5.75 Å². The Labute approximate surface area is 104 Å². The van der Waals surface area contributed by atoms with Crippen molar-refractivity contribution < 1.29 is 4.21 Å². The van der Waals surface area contributed by atoms with E-state index in [1.54, 1.807) is 0 Å². The number of hydrogen-bond donors (Lipinski definition) is 1. The van der Waals surface area contributed by atoms with Crippen LogP contribution >= 0.6 is 0 Å². The molecule has 1 aromatic heterocycles. The third-order valence-corrected chi connectivity index (χ3v) is 4.52. The van der Waals surface area contributed by atoms with Crippen molar-refractivity contribution >= 4 is 10.8 Å². The Morgan fingerprint density at radius 2 is 2.35 bits per heavy atom. The van der Waals surface area contributed by atoms with Gasteiger partial charge in [0.2, 0.25) is 0 Å². The molecule has 2 unspecified atom stereocenters. The van der Waals surface area contributed by atoms with E-state index >= 15 is 0 Å². The summed E-state index contributed by atoms with van der Waals surface area (Å²) in [5, 5.41) is 7.47. The number of nitrogens with zero attached hydrogens (tertiary/aromatic N) is 2. The summed E-state index contributed by atoms with van der Waals surface area (Å²) in [5.41, 5.74) is 6.41. The summed E-state index contributed by atoms with van der Waals surface area (Å²) < 4.78 is 11.5. The molecule has 2 N–H and O–H groups in total. The van der Waals surface area contributed by atoms with Crippen molar-refractivity contribution in [2.45, 2.75) is 31.4 Å². The topological polar surface area (TPSA) is 79.8 Å². The lowest BCUT2D eigenvalue weighted by molar-refractivity contribution is 0.674. The lowest BCUT2D eigenvalue weighted by Gasteiger charge is -2.07. The third-order valence-electron chi connectivity index (χ3n) is 2.68. The molecule has 1 fully saturated rings. The highest BCUT2D eigenvalue weighted by Crippen LogP contribution is 2.20. The zero-order valence-corrected chi connectivity index (χ0v) is 10.7.